The molecule has 0 saturated heterocycles. The molecule has 15 heteroatoms. The average Bonchev–Trinajstić information content (AvgIpc) is 3.40. The van der Waals surface area contributed by atoms with E-state index in [2.05, 4.69) is 15.4 Å². The molecule has 0 saturated carbocycles. The van der Waals surface area contributed by atoms with E-state index in [-0.39, 0.29) is 22.4 Å². The van der Waals surface area contributed by atoms with E-state index in [1.165, 1.54) is 36.1 Å². The first kappa shape index (κ1) is 35.0. The Morgan fingerprint density at radius 2 is 1.65 bits per heavy atom. The Morgan fingerprint density at radius 3 is 2.20 bits per heavy atom. The summed E-state index contributed by atoms with van der Waals surface area (Å²) in [6.07, 6.45) is -2.62. The van der Waals surface area contributed by atoms with Gasteiger partial charge in [-0.15, -0.1) is 0 Å². The minimum Gasteiger partial charge on any atom is -0.355 e. The average molecular weight is 664 g/mol. The summed E-state index contributed by atoms with van der Waals surface area (Å²) in [5.41, 5.74) is -5.33. The monoisotopic (exact) mass is 663 g/mol. The first-order valence-electron chi connectivity index (χ1n) is 14.3. The normalized spacial score (nSPS) is 14.0. The van der Waals surface area contributed by atoms with Crippen molar-refractivity contribution < 1.29 is 36.8 Å². The number of rotatable bonds is 7. The lowest BCUT2D eigenvalue weighted by Crippen LogP contribution is -2.56. The largest absolute Gasteiger partial charge is 0.471 e. The van der Waals surface area contributed by atoms with E-state index >= 15 is 0 Å². The predicted molar refractivity (Wildman–Crippen MR) is 166 cm³/mol. The number of nitrogens with one attached hydrogen (secondary N) is 1. The van der Waals surface area contributed by atoms with Gasteiger partial charge in [-0.25, -0.2) is 14.2 Å². The van der Waals surface area contributed by atoms with Crippen molar-refractivity contribution in [2.24, 2.45) is 10.8 Å². The van der Waals surface area contributed by atoms with E-state index < -0.39 is 53.4 Å². The number of hydrogen-bond donors (Lipinski definition) is 3. The smallest absolute Gasteiger partial charge is 0.355 e. The Bertz CT molecular complexity index is 1890. The van der Waals surface area contributed by atoms with Gasteiger partial charge >= 0.3 is 14.0 Å². The molecule has 0 aliphatic rings. The number of phosphoric ester groups is 1. The number of halogens is 3. The molecule has 46 heavy (non-hydrogen) atoms. The second-order valence-electron chi connectivity index (χ2n) is 13.1. The van der Waals surface area contributed by atoms with Crippen LogP contribution in [-0.2, 0) is 21.0 Å². The number of benzene rings is 2. The minimum absolute atomic E-state index is 0.0231. The van der Waals surface area contributed by atoms with E-state index in [9.17, 15) is 37.1 Å². The van der Waals surface area contributed by atoms with Gasteiger partial charge in [0.25, 0.3) is 11.5 Å². The van der Waals surface area contributed by atoms with Gasteiger partial charge in [-0.3, -0.25) is 18.7 Å². The molecule has 4 aromatic rings. The van der Waals surface area contributed by atoms with E-state index in [0.717, 1.165) is 10.9 Å². The number of hydrogen-bond acceptors (Lipinski definition) is 6. The van der Waals surface area contributed by atoms with Crippen molar-refractivity contribution in [3.63, 3.8) is 0 Å². The Kier molecular flexibility index (Phi) is 8.95. The molecule has 4 rings (SSSR count). The zero-order valence-electron chi connectivity index (χ0n) is 26.7. The second-order valence-corrected chi connectivity index (χ2v) is 14.3. The molecule has 0 fully saturated rings. The molecule has 248 valence electrons. The summed E-state index contributed by atoms with van der Waals surface area (Å²) in [5.74, 6) is -0.289. The van der Waals surface area contributed by atoms with E-state index in [0.29, 0.717) is 11.1 Å². The molecule has 0 bridgehead atoms. The van der Waals surface area contributed by atoms with Crippen LogP contribution in [0.25, 0.3) is 22.0 Å². The fourth-order valence-corrected chi connectivity index (χ4v) is 7.05. The summed E-state index contributed by atoms with van der Waals surface area (Å²) in [6.45, 7) is 11.3. The van der Waals surface area contributed by atoms with Crippen LogP contribution in [0.3, 0.4) is 0 Å². The summed E-state index contributed by atoms with van der Waals surface area (Å²) in [5, 5.41) is 6.54. The molecular weight excluding hydrogens is 626 g/mol. The third kappa shape index (κ3) is 6.39. The van der Waals surface area contributed by atoms with Crippen molar-refractivity contribution in [2.75, 3.05) is 7.05 Å². The third-order valence-electron chi connectivity index (χ3n) is 7.96. The zero-order valence-corrected chi connectivity index (χ0v) is 27.6. The lowest BCUT2D eigenvalue weighted by Gasteiger charge is -2.52. The van der Waals surface area contributed by atoms with Crippen LogP contribution >= 0.6 is 7.82 Å². The van der Waals surface area contributed by atoms with Gasteiger partial charge in [-0.05, 0) is 42.3 Å². The van der Waals surface area contributed by atoms with E-state index in [4.69, 9.17) is 4.52 Å². The fourth-order valence-electron chi connectivity index (χ4n) is 6.08. The molecular formula is C31H37F3N5O6P. The van der Waals surface area contributed by atoms with Gasteiger partial charge in [0, 0.05) is 35.2 Å². The van der Waals surface area contributed by atoms with Crippen molar-refractivity contribution in [1.29, 1.82) is 0 Å². The van der Waals surface area contributed by atoms with Gasteiger partial charge in [0.1, 0.15) is 0 Å². The Labute approximate surface area is 263 Å². The number of fused-ring (bicyclic) bond motifs is 1. The lowest BCUT2D eigenvalue weighted by molar-refractivity contribution is -0.200. The minimum atomic E-state index is -5.26. The molecule has 2 aromatic heterocycles. The molecule has 0 radical (unpaired) electrons. The highest BCUT2D eigenvalue weighted by Crippen LogP contribution is 2.58. The summed E-state index contributed by atoms with van der Waals surface area (Å²) < 4.78 is 63.3. The van der Waals surface area contributed by atoms with Crippen LogP contribution < -0.4 is 10.9 Å². The summed E-state index contributed by atoms with van der Waals surface area (Å²) in [6, 6.07) is 10.3. The highest BCUT2D eigenvalue weighted by Gasteiger charge is 2.58. The van der Waals surface area contributed by atoms with Crippen molar-refractivity contribution in [2.45, 2.75) is 66.4 Å². The highest BCUT2D eigenvalue weighted by atomic mass is 31.2. The molecule has 3 N–H and O–H groups in total. The van der Waals surface area contributed by atoms with Crippen molar-refractivity contribution >= 4 is 24.6 Å². The molecule has 2 aromatic carbocycles. The number of aromatic nitrogens is 4. The number of amides is 1. The number of nitrogens with zero attached hydrogens (tertiary/aromatic N) is 4. The predicted octanol–water partition coefficient (Wildman–Crippen LogP) is 6.10. The zero-order chi connectivity index (χ0) is 34.6. The number of carbonyl (C=O) groups is 1. The first-order chi connectivity index (χ1) is 21.0. The quantitative estimate of drug-likeness (QED) is 0.201. The van der Waals surface area contributed by atoms with Crippen LogP contribution in [-0.4, -0.2) is 42.1 Å². The van der Waals surface area contributed by atoms with Crippen molar-refractivity contribution in [3.8, 4) is 11.1 Å². The fraction of sp³-hybridized carbons (Fsp3) is 0.419. The van der Waals surface area contributed by atoms with Gasteiger partial charge in [0.2, 0.25) is 0 Å². The molecule has 11 nitrogen and oxygen atoms in total. The third-order valence-corrected chi connectivity index (χ3v) is 8.46. The molecule has 0 spiro atoms. The van der Waals surface area contributed by atoms with Crippen LogP contribution in [0.1, 0.15) is 76.1 Å². The maximum atomic E-state index is 14.5. The van der Waals surface area contributed by atoms with E-state index in [1.807, 2.05) is 0 Å². The molecule has 0 aliphatic heterocycles. The van der Waals surface area contributed by atoms with Gasteiger partial charge in [0.15, 0.2) is 11.4 Å². The Balaban J connectivity index is 1.89. The van der Waals surface area contributed by atoms with Gasteiger partial charge < -0.3 is 15.1 Å². The van der Waals surface area contributed by atoms with Crippen LogP contribution in [0, 0.1) is 10.8 Å². The maximum Gasteiger partial charge on any atom is 0.471 e. The molecule has 0 unspecified atom stereocenters. The van der Waals surface area contributed by atoms with Crippen LogP contribution in [0.4, 0.5) is 13.2 Å². The van der Waals surface area contributed by atoms with Gasteiger partial charge in [-0.1, -0.05) is 59.7 Å². The summed E-state index contributed by atoms with van der Waals surface area (Å²) in [4.78, 5) is 49.8. The molecule has 2 heterocycles. The summed E-state index contributed by atoms with van der Waals surface area (Å²) >= 11 is 0. The van der Waals surface area contributed by atoms with Crippen LogP contribution in [0.2, 0.25) is 0 Å². The maximum absolute atomic E-state index is 14.5. The first-order valence-corrected chi connectivity index (χ1v) is 15.8. The molecule has 1 amide bonds. The Hall–Kier alpha value is -3.84. The number of alkyl halides is 3. The standard InChI is InChI=1S/C31H37F3N5O6P/c1-18(19-10-9-11-21(14-19)26(40)35-8)38-17-36-24-15-20(12-13-22(24)27(38)41)23-16-39(37-25(23)30(32,33)34)31(28(2,3)4,29(5,6)7)45-46(42,43)44/h9-18H,1-8H3,(H,35,40)(H2,42,43,44)/t18-/m1/s1. The highest BCUT2D eigenvalue weighted by molar-refractivity contribution is 7.46. The number of carbonyl (C=O) groups excluding carboxylic acids is 1. The molecule has 1 atom stereocenters. The molecule has 0 aliphatic carbocycles. The summed E-state index contributed by atoms with van der Waals surface area (Å²) in [7, 11) is -3.75. The van der Waals surface area contributed by atoms with Gasteiger partial charge in [-0.2, -0.15) is 18.3 Å². The lowest BCUT2D eigenvalue weighted by atomic mass is 9.68. The topological polar surface area (TPSA) is 149 Å². The second kappa shape index (κ2) is 11.8. The van der Waals surface area contributed by atoms with Crippen molar-refractivity contribution in [1.82, 2.24) is 24.6 Å². The van der Waals surface area contributed by atoms with Crippen LogP contribution in [0.15, 0.2) is 59.8 Å². The SMILES string of the molecule is CNC(=O)c1cccc([C@@H](C)n2cnc3cc(-c4cn(C(OP(=O)(O)O)(C(C)(C)C)C(C)(C)C)nc4C(F)(F)F)ccc3c2=O)c1. The number of phosphoric acid groups is 1. The van der Waals surface area contributed by atoms with Gasteiger partial charge in [0.05, 0.1) is 23.3 Å². The van der Waals surface area contributed by atoms with E-state index in [1.54, 1.807) is 72.7 Å². The van der Waals surface area contributed by atoms with Crippen molar-refractivity contribution in [3.05, 3.63) is 82.2 Å². The Morgan fingerprint density at radius 1 is 1.02 bits per heavy atom. The van der Waals surface area contributed by atoms with Crippen LogP contribution in [0.5, 0.6) is 0 Å².